The number of pyridine rings is 1. The van der Waals surface area contributed by atoms with Crippen LogP contribution in [0, 0.1) is 0 Å². The summed E-state index contributed by atoms with van der Waals surface area (Å²) in [5.41, 5.74) is 2.15. The highest BCUT2D eigenvalue weighted by Gasteiger charge is 2.18. The van der Waals surface area contributed by atoms with E-state index in [1.165, 1.54) is 24.3 Å². The lowest BCUT2D eigenvalue weighted by Gasteiger charge is -2.34. The van der Waals surface area contributed by atoms with Crippen LogP contribution in [0.2, 0.25) is 0 Å². The van der Waals surface area contributed by atoms with Crippen LogP contribution in [0.5, 0.6) is 0 Å². The molecular weight excluding hydrogens is 320 g/mol. The summed E-state index contributed by atoms with van der Waals surface area (Å²) in [6.45, 7) is 3.70. The van der Waals surface area contributed by atoms with E-state index >= 15 is 0 Å². The van der Waals surface area contributed by atoms with Crippen LogP contribution >= 0.6 is 0 Å². The number of carboxylic acids is 1. The highest BCUT2D eigenvalue weighted by Crippen LogP contribution is 2.26. The minimum absolute atomic E-state index is 0.149. The van der Waals surface area contributed by atoms with Crippen LogP contribution in [-0.4, -0.2) is 60.1 Å². The Bertz CT molecular complexity index is 768. The lowest BCUT2D eigenvalue weighted by Crippen LogP contribution is -2.44. The molecule has 0 unspecified atom stereocenters. The van der Waals surface area contributed by atoms with Gasteiger partial charge in [-0.1, -0.05) is 0 Å². The Kier molecular flexibility index (Phi) is 4.95. The maximum Gasteiger partial charge on any atom is 0.335 e. The number of hydrogen-bond acceptors (Lipinski definition) is 5. The van der Waals surface area contributed by atoms with Gasteiger partial charge in [0.25, 0.3) is 5.91 Å². The van der Waals surface area contributed by atoms with Crippen LogP contribution in [-0.2, 0) is 0 Å². The molecule has 2 aromatic rings. The zero-order chi connectivity index (χ0) is 17.8. The van der Waals surface area contributed by atoms with Crippen molar-refractivity contribution in [3.63, 3.8) is 0 Å². The number of aromatic nitrogens is 1. The number of carbonyl (C=O) groups excluding carboxylic acids is 1. The van der Waals surface area contributed by atoms with Gasteiger partial charge in [0.2, 0.25) is 0 Å². The molecule has 7 nitrogen and oxygen atoms in total. The van der Waals surface area contributed by atoms with E-state index in [0.717, 1.165) is 31.9 Å². The molecule has 7 heteroatoms. The number of piperazine rings is 1. The summed E-state index contributed by atoms with van der Waals surface area (Å²) in [7, 11) is 2.09. The van der Waals surface area contributed by atoms with Gasteiger partial charge in [-0.05, 0) is 37.4 Å². The number of aromatic carboxylic acids is 1. The van der Waals surface area contributed by atoms with Crippen molar-refractivity contribution in [2.24, 2.45) is 0 Å². The normalized spacial score (nSPS) is 15.0. The topological polar surface area (TPSA) is 85.8 Å². The van der Waals surface area contributed by atoms with E-state index in [1.54, 1.807) is 12.4 Å². The zero-order valence-corrected chi connectivity index (χ0v) is 14.0. The van der Waals surface area contributed by atoms with E-state index in [-0.39, 0.29) is 11.5 Å². The van der Waals surface area contributed by atoms with Crippen molar-refractivity contribution in [1.29, 1.82) is 0 Å². The summed E-state index contributed by atoms with van der Waals surface area (Å²) >= 11 is 0. The van der Waals surface area contributed by atoms with E-state index in [1.807, 2.05) is 6.07 Å². The first-order valence-electron chi connectivity index (χ1n) is 8.07. The molecule has 1 aliphatic rings. The van der Waals surface area contributed by atoms with Gasteiger partial charge in [0.15, 0.2) is 0 Å². The second-order valence-corrected chi connectivity index (χ2v) is 6.02. The van der Waals surface area contributed by atoms with Gasteiger partial charge in [0.05, 0.1) is 23.1 Å². The second kappa shape index (κ2) is 7.31. The second-order valence-electron chi connectivity index (χ2n) is 6.02. The Hall–Kier alpha value is -2.93. The molecule has 130 valence electrons. The van der Waals surface area contributed by atoms with Gasteiger partial charge in [-0.2, -0.15) is 0 Å². The van der Waals surface area contributed by atoms with Crippen LogP contribution in [0.15, 0.2) is 42.7 Å². The number of hydrogen-bond donors (Lipinski definition) is 2. The summed E-state index contributed by atoms with van der Waals surface area (Å²) in [5, 5.41) is 11.8. The summed E-state index contributed by atoms with van der Waals surface area (Å²) in [5.74, 6) is -1.31. The smallest absolute Gasteiger partial charge is 0.335 e. The van der Waals surface area contributed by atoms with Gasteiger partial charge in [0, 0.05) is 37.9 Å². The molecule has 25 heavy (non-hydrogen) atoms. The monoisotopic (exact) mass is 340 g/mol. The first-order chi connectivity index (χ1) is 12.0. The van der Waals surface area contributed by atoms with E-state index in [4.69, 9.17) is 5.11 Å². The van der Waals surface area contributed by atoms with E-state index in [0.29, 0.717) is 11.3 Å². The van der Waals surface area contributed by atoms with E-state index < -0.39 is 5.97 Å². The number of nitrogens with zero attached hydrogens (tertiary/aromatic N) is 3. The van der Waals surface area contributed by atoms with Crippen LogP contribution in [0.4, 0.5) is 11.4 Å². The minimum Gasteiger partial charge on any atom is -0.478 e. The van der Waals surface area contributed by atoms with Gasteiger partial charge < -0.3 is 20.2 Å². The minimum atomic E-state index is -1.02. The van der Waals surface area contributed by atoms with E-state index in [2.05, 4.69) is 27.1 Å². The number of carbonyl (C=O) groups is 2. The van der Waals surface area contributed by atoms with E-state index in [9.17, 15) is 9.59 Å². The summed E-state index contributed by atoms with van der Waals surface area (Å²) in [6, 6.07) is 7.74. The van der Waals surface area contributed by atoms with Gasteiger partial charge in [0.1, 0.15) is 0 Å². The maximum absolute atomic E-state index is 12.5. The molecule has 0 atom stereocenters. The Morgan fingerprint density at radius 3 is 2.32 bits per heavy atom. The molecule has 0 aliphatic carbocycles. The van der Waals surface area contributed by atoms with Crippen molar-refractivity contribution in [1.82, 2.24) is 9.88 Å². The average Bonchev–Trinajstić information content (AvgIpc) is 2.63. The van der Waals surface area contributed by atoms with Gasteiger partial charge >= 0.3 is 5.97 Å². The molecule has 1 aliphatic heterocycles. The molecular formula is C18H20N4O3. The summed E-state index contributed by atoms with van der Waals surface area (Å²) in [6.07, 6.45) is 3.35. The van der Waals surface area contributed by atoms with Crippen molar-refractivity contribution in [3.05, 3.63) is 53.9 Å². The molecule has 2 heterocycles. The zero-order valence-electron chi connectivity index (χ0n) is 14.0. The van der Waals surface area contributed by atoms with Crippen molar-refractivity contribution in [3.8, 4) is 0 Å². The standard InChI is InChI=1S/C18H20N4O3/c1-21-8-10-22(11-9-21)16-6-7-19-12-15(16)20-17(23)13-2-4-14(5-3-13)18(24)25/h2-7,12H,8-11H2,1H3,(H,20,23)(H,24,25). The van der Waals surface area contributed by atoms with Crippen molar-refractivity contribution in [2.75, 3.05) is 43.4 Å². The fraction of sp³-hybridized carbons (Fsp3) is 0.278. The van der Waals surface area contributed by atoms with Crippen LogP contribution in [0.1, 0.15) is 20.7 Å². The molecule has 3 rings (SSSR count). The molecule has 2 N–H and O–H groups in total. The van der Waals surface area contributed by atoms with Gasteiger partial charge in [-0.3, -0.25) is 9.78 Å². The lowest BCUT2D eigenvalue weighted by atomic mass is 10.1. The van der Waals surface area contributed by atoms with Crippen molar-refractivity contribution < 1.29 is 14.7 Å². The Morgan fingerprint density at radius 2 is 1.68 bits per heavy atom. The fourth-order valence-electron chi connectivity index (χ4n) is 2.77. The molecule has 0 spiro atoms. The molecule has 1 aromatic carbocycles. The molecule has 0 bridgehead atoms. The number of benzene rings is 1. The third-order valence-corrected chi connectivity index (χ3v) is 4.28. The lowest BCUT2D eigenvalue weighted by molar-refractivity contribution is 0.0696. The highest BCUT2D eigenvalue weighted by atomic mass is 16.4. The number of nitrogens with one attached hydrogen (secondary N) is 1. The largest absolute Gasteiger partial charge is 0.478 e. The summed E-state index contributed by atoms with van der Waals surface area (Å²) < 4.78 is 0. The number of carboxylic acid groups (broad SMARTS) is 1. The molecule has 1 aromatic heterocycles. The Morgan fingerprint density at radius 1 is 1.04 bits per heavy atom. The molecule has 1 saturated heterocycles. The Labute approximate surface area is 145 Å². The SMILES string of the molecule is CN1CCN(c2ccncc2NC(=O)c2ccc(C(=O)O)cc2)CC1. The predicted molar refractivity (Wildman–Crippen MR) is 95.3 cm³/mol. The maximum atomic E-state index is 12.5. The summed E-state index contributed by atoms with van der Waals surface area (Å²) in [4.78, 5) is 32.0. The molecule has 1 amide bonds. The van der Waals surface area contributed by atoms with Crippen LogP contribution in [0.25, 0.3) is 0 Å². The fourth-order valence-corrected chi connectivity index (χ4v) is 2.77. The third-order valence-electron chi connectivity index (χ3n) is 4.28. The van der Waals surface area contributed by atoms with Crippen molar-refractivity contribution >= 4 is 23.3 Å². The first kappa shape index (κ1) is 16.9. The Balaban J connectivity index is 1.76. The average molecular weight is 340 g/mol. The van der Waals surface area contributed by atoms with Gasteiger partial charge in [-0.15, -0.1) is 0 Å². The van der Waals surface area contributed by atoms with Crippen LogP contribution in [0.3, 0.4) is 0 Å². The number of rotatable bonds is 4. The number of anilines is 2. The van der Waals surface area contributed by atoms with Crippen molar-refractivity contribution in [2.45, 2.75) is 0 Å². The number of amides is 1. The predicted octanol–water partition coefficient (Wildman–Crippen LogP) is 1.78. The molecule has 0 saturated carbocycles. The van der Waals surface area contributed by atoms with Gasteiger partial charge in [-0.25, -0.2) is 4.79 Å². The first-order valence-corrected chi connectivity index (χ1v) is 8.07. The number of likely N-dealkylation sites (N-methyl/N-ethyl adjacent to an activating group) is 1. The quantitative estimate of drug-likeness (QED) is 0.882. The molecule has 1 fully saturated rings. The van der Waals surface area contributed by atoms with Crippen LogP contribution < -0.4 is 10.2 Å². The molecule has 0 radical (unpaired) electrons. The highest BCUT2D eigenvalue weighted by molar-refractivity contribution is 6.06. The third kappa shape index (κ3) is 3.95.